The number of amides is 2. The highest BCUT2D eigenvalue weighted by atomic mass is 16.5. The van der Waals surface area contributed by atoms with Gasteiger partial charge in [-0.3, -0.25) is 14.4 Å². The van der Waals surface area contributed by atoms with Gasteiger partial charge in [-0.15, -0.1) is 0 Å². The Morgan fingerprint density at radius 2 is 1.81 bits per heavy atom. The molecule has 0 bridgehead atoms. The fourth-order valence-corrected chi connectivity index (χ4v) is 3.57. The number of fused-ring (bicyclic) bond motifs is 2. The van der Waals surface area contributed by atoms with E-state index in [1.807, 2.05) is 49.4 Å². The topological polar surface area (TPSA) is 93.7 Å². The number of anilines is 1. The average molecular weight is 418 g/mol. The number of ether oxygens (including phenoxy) is 2. The van der Waals surface area contributed by atoms with Gasteiger partial charge in [0.25, 0.3) is 11.8 Å². The van der Waals surface area contributed by atoms with Crippen molar-refractivity contribution in [2.24, 2.45) is 0 Å². The smallest absolute Gasteiger partial charge is 0.310 e. The van der Waals surface area contributed by atoms with Crippen molar-refractivity contribution in [2.75, 3.05) is 11.9 Å². The summed E-state index contributed by atoms with van der Waals surface area (Å²) >= 11 is 0. The van der Waals surface area contributed by atoms with Crippen molar-refractivity contribution in [1.82, 2.24) is 5.32 Å². The van der Waals surface area contributed by atoms with Crippen LogP contribution >= 0.6 is 0 Å². The van der Waals surface area contributed by atoms with Crippen LogP contribution in [0.25, 0.3) is 10.8 Å². The molecule has 2 unspecified atom stereocenters. The number of hydrogen-bond acceptors (Lipinski definition) is 5. The van der Waals surface area contributed by atoms with Crippen LogP contribution in [-0.4, -0.2) is 30.5 Å². The zero-order chi connectivity index (χ0) is 21.8. The summed E-state index contributed by atoms with van der Waals surface area (Å²) in [5.74, 6) is -1.05. The molecule has 3 aromatic carbocycles. The van der Waals surface area contributed by atoms with Gasteiger partial charge in [0, 0.05) is 0 Å². The summed E-state index contributed by atoms with van der Waals surface area (Å²) in [4.78, 5) is 36.5. The Morgan fingerprint density at radius 1 is 1.06 bits per heavy atom. The second-order valence-electron chi connectivity index (χ2n) is 7.31. The molecule has 2 amide bonds. The van der Waals surface area contributed by atoms with Crippen LogP contribution in [0, 0.1) is 0 Å². The molecule has 0 radical (unpaired) electrons. The standard InChI is InChI=1S/C24H22N2O5/c1-15(17-10-6-8-16-7-2-3-9-18(16)17)25-22(27)14-30-23(28)13-21-24(29)26-19-11-4-5-12-20(19)31-21/h2-12,15,21H,13-14H2,1H3,(H,25,27)(H,26,29). The number of para-hydroxylation sites is 2. The molecule has 31 heavy (non-hydrogen) atoms. The van der Waals surface area contributed by atoms with Crippen molar-refractivity contribution in [2.45, 2.75) is 25.5 Å². The van der Waals surface area contributed by atoms with E-state index >= 15 is 0 Å². The Bertz CT molecular complexity index is 1140. The van der Waals surface area contributed by atoms with E-state index in [2.05, 4.69) is 10.6 Å². The first kappa shape index (κ1) is 20.4. The van der Waals surface area contributed by atoms with E-state index in [-0.39, 0.29) is 12.5 Å². The fourth-order valence-electron chi connectivity index (χ4n) is 3.57. The quantitative estimate of drug-likeness (QED) is 0.599. The van der Waals surface area contributed by atoms with E-state index in [0.717, 1.165) is 16.3 Å². The van der Waals surface area contributed by atoms with E-state index in [9.17, 15) is 14.4 Å². The zero-order valence-corrected chi connectivity index (χ0v) is 17.0. The van der Waals surface area contributed by atoms with Gasteiger partial charge in [0.1, 0.15) is 5.75 Å². The molecule has 158 valence electrons. The van der Waals surface area contributed by atoms with Crippen LogP contribution in [0.15, 0.2) is 66.7 Å². The molecule has 3 aromatic rings. The fraction of sp³-hybridized carbons (Fsp3) is 0.208. The van der Waals surface area contributed by atoms with Crippen molar-refractivity contribution in [3.05, 3.63) is 72.3 Å². The maximum atomic E-state index is 12.3. The summed E-state index contributed by atoms with van der Waals surface area (Å²) in [5, 5.41) is 7.67. The summed E-state index contributed by atoms with van der Waals surface area (Å²) in [6.07, 6.45) is -1.29. The van der Waals surface area contributed by atoms with Gasteiger partial charge >= 0.3 is 5.97 Å². The Balaban J connectivity index is 1.29. The van der Waals surface area contributed by atoms with Gasteiger partial charge in [-0.1, -0.05) is 54.6 Å². The van der Waals surface area contributed by atoms with Crippen LogP contribution in [0.4, 0.5) is 5.69 Å². The second kappa shape index (κ2) is 8.87. The number of carbonyl (C=O) groups excluding carboxylic acids is 3. The molecule has 1 aliphatic rings. The minimum Gasteiger partial charge on any atom is -0.478 e. The van der Waals surface area contributed by atoms with Crippen LogP contribution < -0.4 is 15.4 Å². The van der Waals surface area contributed by atoms with Gasteiger partial charge in [0.15, 0.2) is 12.7 Å². The van der Waals surface area contributed by atoms with Crippen molar-refractivity contribution < 1.29 is 23.9 Å². The molecule has 4 rings (SSSR count). The maximum absolute atomic E-state index is 12.3. The predicted molar refractivity (Wildman–Crippen MR) is 116 cm³/mol. The third kappa shape index (κ3) is 4.66. The Hall–Kier alpha value is -3.87. The summed E-state index contributed by atoms with van der Waals surface area (Å²) in [5.41, 5.74) is 1.53. The van der Waals surface area contributed by atoms with E-state index in [1.165, 1.54) is 0 Å². The Morgan fingerprint density at radius 3 is 2.68 bits per heavy atom. The summed E-state index contributed by atoms with van der Waals surface area (Å²) in [6.45, 7) is 1.44. The van der Waals surface area contributed by atoms with Crippen LogP contribution in [0.3, 0.4) is 0 Å². The molecule has 0 aliphatic carbocycles. The van der Waals surface area contributed by atoms with Gasteiger partial charge in [-0.05, 0) is 35.4 Å². The van der Waals surface area contributed by atoms with Crippen LogP contribution in [-0.2, 0) is 19.1 Å². The number of nitrogens with one attached hydrogen (secondary N) is 2. The number of rotatable bonds is 6. The number of esters is 1. The van der Waals surface area contributed by atoms with Crippen LogP contribution in [0.2, 0.25) is 0 Å². The van der Waals surface area contributed by atoms with Crippen molar-refractivity contribution in [1.29, 1.82) is 0 Å². The minimum atomic E-state index is -1.000. The van der Waals surface area contributed by atoms with Crippen LogP contribution in [0.5, 0.6) is 5.75 Å². The highest BCUT2D eigenvalue weighted by molar-refractivity contribution is 5.99. The molecular formula is C24H22N2O5. The molecule has 7 heteroatoms. The maximum Gasteiger partial charge on any atom is 0.310 e. The second-order valence-corrected chi connectivity index (χ2v) is 7.31. The highest BCUT2D eigenvalue weighted by Crippen LogP contribution is 2.29. The largest absolute Gasteiger partial charge is 0.478 e. The average Bonchev–Trinajstić information content (AvgIpc) is 2.77. The molecule has 0 aromatic heterocycles. The highest BCUT2D eigenvalue weighted by Gasteiger charge is 2.30. The molecule has 0 saturated carbocycles. The van der Waals surface area contributed by atoms with Gasteiger partial charge < -0.3 is 20.1 Å². The zero-order valence-electron chi connectivity index (χ0n) is 17.0. The number of hydrogen-bond donors (Lipinski definition) is 2. The van der Waals surface area contributed by atoms with Crippen molar-refractivity contribution in [3.8, 4) is 5.75 Å². The SMILES string of the molecule is CC(NC(=O)COC(=O)CC1Oc2ccccc2NC1=O)c1cccc2ccccc12. The van der Waals surface area contributed by atoms with Gasteiger partial charge in [-0.2, -0.15) is 0 Å². The minimum absolute atomic E-state index is 0.263. The normalized spacial score (nSPS) is 15.9. The lowest BCUT2D eigenvalue weighted by Crippen LogP contribution is -2.39. The lowest BCUT2D eigenvalue weighted by atomic mass is 10.00. The monoisotopic (exact) mass is 418 g/mol. The molecule has 1 heterocycles. The van der Waals surface area contributed by atoms with Gasteiger partial charge in [0.05, 0.1) is 18.2 Å². The summed E-state index contributed by atoms with van der Waals surface area (Å²) < 4.78 is 10.6. The third-order valence-corrected chi connectivity index (χ3v) is 5.09. The molecule has 7 nitrogen and oxygen atoms in total. The first-order valence-electron chi connectivity index (χ1n) is 10.0. The molecule has 2 atom stereocenters. The molecule has 2 N–H and O–H groups in total. The third-order valence-electron chi connectivity index (χ3n) is 5.09. The van der Waals surface area contributed by atoms with E-state index in [4.69, 9.17) is 9.47 Å². The first-order valence-corrected chi connectivity index (χ1v) is 10.0. The van der Waals surface area contributed by atoms with E-state index in [1.54, 1.807) is 24.3 Å². The molecular weight excluding hydrogens is 396 g/mol. The molecule has 0 fully saturated rings. The van der Waals surface area contributed by atoms with Gasteiger partial charge in [0.2, 0.25) is 0 Å². The van der Waals surface area contributed by atoms with E-state index < -0.39 is 30.5 Å². The van der Waals surface area contributed by atoms with E-state index in [0.29, 0.717) is 11.4 Å². The first-order chi connectivity index (χ1) is 15.0. The van der Waals surface area contributed by atoms with Crippen LogP contribution in [0.1, 0.15) is 24.9 Å². The summed E-state index contributed by atoms with van der Waals surface area (Å²) in [6, 6.07) is 20.5. The Labute approximate surface area is 179 Å². The number of benzene rings is 3. The number of carbonyl (C=O) groups is 3. The molecule has 0 spiro atoms. The summed E-state index contributed by atoms with van der Waals surface area (Å²) in [7, 11) is 0. The molecule has 1 aliphatic heterocycles. The molecule has 0 saturated heterocycles. The Kier molecular flexibility index (Phi) is 5.84. The predicted octanol–water partition coefficient (Wildman–Crippen LogP) is 3.35. The lowest BCUT2D eigenvalue weighted by molar-refractivity contribution is -0.151. The lowest BCUT2D eigenvalue weighted by Gasteiger charge is -2.25. The van der Waals surface area contributed by atoms with Gasteiger partial charge in [-0.25, -0.2) is 0 Å². The van der Waals surface area contributed by atoms with Crippen molar-refractivity contribution in [3.63, 3.8) is 0 Å². The van der Waals surface area contributed by atoms with Crippen molar-refractivity contribution >= 4 is 34.2 Å².